The van der Waals surface area contributed by atoms with Crippen LogP contribution in [0.1, 0.15) is 36.8 Å². The Labute approximate surface area is 142 Å². The number of benzene rings is 2. The lowest BCUT2D eigenvalue weighted by Crippen LogP contribution is -2.35. The second-order valence-corrected chi connectivity index (χ2v) is 6.62. The van der Waals surface area contributed by atoms with Crippen LogP contribution in [-0.4, -0.2) is 13.1 Å². The lowest BCUT2D eigenvalue weighted by molar-refractivity contribution is -0.146. The number of hydrogen-bond acceptors (Lipinski definition) is 4. The molecule has 3 rings (SSSR count). The van der Waals surface area contributed by atoms with E-state index in [1.54, 1.807) is 0 Å². The monoisotopic (exact) mass is 324 g/mol. The summed E-state index contributed by atoms with van der Waals surface area (Å²) in [5.41, 5.74) is 15.6. The van der Waals surface area contributed by atoms with Gasteiger partial charge in [-0.05, 0) is 61.1 Å². The molecule has 2 aromatic carbocycles. The molecule has 0 atom stereocenters. The van der Waals surface area contributed by atoms with E-state index < -0.39 is 0 Å². The van der Waals surface area contributed by atoms with E-state index in [4.69, 9.17) is 16.2 Å². The third-order valence-electron chi connectivity index (χ3n) is 5.30. The van der Waals surface area contributed by atoms with Gasteiger partial charge >= 0.3 is 5.97 Å². The lowest BCUT2D eigenvalue weighted by Gasteiger charge is -2.40. The average Bonchev–Trinajstić information content (AvgIpc) is 2.62. The van der Waals surface area contributed by atoms with Crippen LogP contribution in [0.3, 0.4) is 0 Å². The van der Waals surface area contributed by atoms with Crippen LogP contribution in [0.5, 0.6) is 0 Å². The third-order valence-corrected chi connectivity index (χ3v) is 5.30. The van der Waals surface area contributed by atoms with Crippen LogP contribution in [0, 0.1) is 5.92 Å². The highest BCUT2D eigenvalue weighted by Gasteiger charge is 2.40. The van der Waals surface area contributed by atoms with Crippen molar-refractivity contribution in [2.45, 2.75) is 31.1 Å². The largest absolute Gasteiger partial charge is 0.469 e. The van der Waals surface area contributed by atoms with Crippen molar-refractivity contribution in [3.05, 3.63) is 59.7 Å². The second kappa shape index (κ2) is 6.56. The van der Waals surface area contributed by atoms with Crippen molar-refractivity contribution < 1.29 is 9.53 Å². The number of ether oxygens (including phenoxy) is 1. The van der Waals surface area contributed by atoms with E-state index in [2.05, 4.69) is 24.3 Å². The van der Waals surface area contributed by atoms with Crippen LogP contribution in [-0.2, 0) is 14.9 Å². The van der Waals surface area contributed by atoms with Gasteiger partial charge in [-0.3, -0.25) is 4.79 Å². The molecule has 0 radical (unpaired) electrons. The van der Waals surface area contributed by atoms with Crippen LogP contribution in [0.15, 0.2) is 48.5 Å². The molecular formula is C20H24N2O2. The summed E-state index contributed by atoms with van der Waals surface area (Å²) < 4.78 is 4.93. The highest BCUT2D eigenvalue weighted by Crippen LogP contribution is 2.47. The predicted octanol–water partition coefficient (Wildman–Crippen LogP) is 3.50. The number of rotatable bonds is 3. The molecule has 1 aliphatic rings. The minimum absolute atomic E-state index is 0.00862. The fraction of sp³-hybridized carbons (Fsp3) is 0.350. The number of anilines is 2. The van der Waals surface area contributed by atoms with Crippen LogP contribution in [0.4, 0.5) is 11.4 Å². The van der Waals surface area contributed by atoms with Crippen LogP contribution < -0.4 is 11.5 Å². The van der Waals surface area contributed by atoms with Gasteiger partial charge in [-0.2, -0.15) is 0 Å². The van der Waals surface area contributed by atoms with Gasteiger partial charge in [0.25, 0.3) is 0 Å². The van der Waals surface area contributed by atoms with Gasteiger partial charge in [0.15, 0.2) is 0 Å². The van der Waals surface area contributed by atoms with Gasteiger partial charge in [-0.1, -0.05) is 24.3 Å². The van der Waals surface area contributed by atoms with Crippen molar-refractivity contribution >= 4 is 17.3 Å². The molecule has 1 aliphatic carbocycles. The summed E-state index contributed by atoms with van der Waals surface area (Å²) in [5, 5.41) is 0. The van der Waals surface area contributed by atoms with E-state index in [9.17, 15) is 4.79 Å². The Bertz CT molecular complexity index is 652. The summed E-state index contributed by atoms with van der Waals surface area (Å²) in [5.74, 6) is -0.107. The predicted molar refractivity (Wildman–Crippen MR) is 96.5 cm³/mol. The Morgan fingerprint density at radius 3 is 1.71 bits per heavy atom. The molecule has 126 valence electrons. The minimum atomic E-state index is -0.105. The maximum absolute atomic E-state index is 11.9. The topological polar surface area (TPSA) is 78.3 Å². The number of carbonyl (C=O) groups excluding carboxylic acids is 1. The fourth-order valence-corrected chi connectivity index (χ4v) is 3.86. The summed E-state index contributed by atoms with van der Waals surface area (Å²) in [6.07, 6.45) is 3.45. The van der Waals surface area contributed by atoms with Crippen molar-refractivity contribution in [2.24, 2.45) is 5.92 Å². The van der Waals surface area contributed by atoms with Gasteiger partial charge in [0.2, 0.25) is 0 Å². The molecule has 1 fully saturated rings. The highest BCUT2D eigenvalue weighted by atomic mass is 16.5. The summed E-state index contributed by atoms with van der Waals surface area (Å²) in [6.45, 7) is 0. The Morgan fingerprint density at radius 1 is 0.917 bits per heavy atom. The molecule has 0 unspecified atom stereocenters. The van der Waals surface area contributed by atoms with Crippen molar-refractivity contribution in [3.8, 4) is 0 Å². The second-order valence-electron chi connectivity index (χ2n) is 6.62. The number of carbonyl (C=O) groups is 1. The first-order chi connectivity index (χ1) is 11.5. The SMILES string of the molecule is COC(=O)C1CCC(c2ccc(N)cc2)(c2ccc(N)cc2)CC1. The van der Waals surface area contributed by atoms with Crippen LogP contribution >= 0.6 is 0 Å². The highest BCUT2D eigenvalue weighted by molar-refractivity contribution is 5.72. The van der Waals surface area contributed by atoms with Crippen molar-refractivity contribution in [1.29, 1.82) is 0 Å². The smallest absolute Gasteiger partial charge is 0.308 e. The molecule has 24 heavy (non-hydrogen) atoms. The molecular weight excluding hydrogens is 300 g/mol. The lowest BCUT2D eigenvalue weighted by atomic mass is 9.63. The molecule has 0 amide bonds. The molecule has 4 N–H and O–H groups in total. The normalized spacial score (nSPS) is 17.4. The molecule has 0 heterocycles. The summed E-state index contributed by atoms with van der Waals surface area (Å²) in [6, 6.07) is 16.2. The molecule has 4 heteroatoms. The van der Waals surface area contributed by atoms with E-state index >= 15 is 0 Å². The van der Waals surface area contributed by atoms with Gasteiger partial charge in [-0.25, -0.2) is 0 Å². The quantitative estimate of drug-likeness (QED) is 0.669. The zero-order valence-electron chi connectivity index (χ0n) is 14.0. The molecule has 4 nitrogen and oxygen atoms in total. The minimum Gasteiger partial charge on any atom is -0.469 e. The Balaban J connectivity index is 1.98. The molecule has 0 bridgehead atoms. The number of nitrogen functional groups attached to an aromatic ring is 2. The van der Waals surface area contributed by atoms with E-state index in [0.29, 0.717) is 0 Å². The van der Waals surface area contributed by atoms with Gasteiger partial charge in [0, 0.05) is 16.8 Å². The maximum atomic E-state index is 11.9. The van der Waals surface area contributed by atoms with Crippen molar-refractivity contribution in [2.75, 3.05) is 18.6 Å². The molecule has 1 saturated carbocycles. The van der Waals surface area contributed by atoms with E-state index in [0.717, 1.165) is 37.1 Å². The summed E-state index contributed by atoms with van der Waals surface area (Å²) >= 11 is 0. The molecule has 0 spiro atoms. The molecule has 2 aromatic rings. The van der Waals surface area contributed by atoms with Crippen molar-refractivity contribution in [3.63, 3.8) is 0 Å². The number of esters is 1. The zero-order chi connectivity index (χ0) is 17.2. The number of methoxy groups -OCH3 is 1. The first-order valence-corrected chi connectivity index (χ1v) is 8.35. The first kappa shape index (κ1) is 16.4. The molecule has 0 saturated heterocycles. The Kier molecular flexibility index (Phi) is 4.47. The van der Waals surface area contributed by atoms with E-state index in [1.165, 1.54) is 18.2 Å². The summed E-state index contributed by atoms with van der Waals surface area (Å²) in [7, 11) is 1.46. The zero-order valence-corrected chi connectivity index (χ0v) is 14.0. The van der Waals surface area contributed by atoms with E-state index in [-0.39, 0.29) is 17.3 Å². The number of nitrogens with two attached hydrogens (primary N) is 2. The Hall–Kier alpha value is -2.49. The maximum Gasteiger partial charge on any atom is 0.308 e. The van der Waals surface area contributed by atoms with Crippen LogP contribution in [0.25, 0.3) is 0 Å². The standard InChI is InChI=1S/C20H24N2O2/c1-24-19(23)14-10-12-20(13-11-14,15-2-6-17(21)7-3-15)16-4-8-18(22)9-5-16/h2-9,14H,10-13,21-22H2,1H3. The van der Waals surface area contributed by atoms with Gasteiger partial charge in [-0.15, -0.1) is 0 Å². The van der Waals surface area contributed by atoms with Gasteiger partial charge < -0.3 is 16.2 Å². The number of hydrogen-bond donors (Lipinski definition) is 2. The average molecular weight is 324 g/mol. The fourth-order valence-electron chi connectivity index (χ4n) is 3.86. The van der Waals surface area contributed by atoms with E-state index in [1.807, 2.05) is 24.3 Å². The van der Waals surface area contributed by atoms with Gasteiger partial charge in [0.1, 0.15) is 0 Å². The first-order valence-electron chi connectivity index (χ1n) is 8.35. The molecule has 0 aliphatic heterocycles. The summed E-state index contributed by atoms with van der Waals surface area (Å²) in [4.78, 5) is 11.9. The Morgan fingerprint density at radius 2 is 1.33 bits per heavy atom. The van der Waals surface area contributed by atoms with Gasteiger partial charge in [0.05, 0.1) is 13.0 Å². The van der Waals surface area contributed by atoms with Crippen LogP contribution in [0.2, 0.25) is 0 Å². The molecule has 0 aromatic heterocycles. The third kappa shape index (κ3) is 2.96. The van der Waals surface area contributed by atoms with Crippen molar-refractivity contribution in [1.82, 2.24) is 0 Å².